The number of carbonyl (C=O) groups is 1. The molecule has 2 N–H and O–H groups in total. The van der Waals surface area contributed by atoms with Crippen molar-refractivity contribution in [3.05, 3.63) is 26.6 Å². The lowest BCUT2D eigenvalue weighted by atomic mass is 9.82. The molecule has 20 heavy (non-hydrogen) atoms. The number of hydrogen-bond acceptors (Lipinski definition) is 3. The summed E-state index contributed by atoms with van der Waals surface area (Å²) >= 11 is 6.71. The zero-order chi connectivity index (χ0) is 14.9. The van der Waals surface area contributed by atoms with Gasteiger partial charge in [0.25, 0.3) is 0 Å². The Morgan fingerprint density at radius 2 is 1.80 bits per heavy atom. The Labute approximate surface area is 136 Å². The van der Waals surface area contributed by atoms with Gasteiger partial charge in [0, 0.05) is 8.95 Å². The standard InChI is InChI=1S/C15H19Br2NO2/c1-8-3-9(2)5-11(4-8)20-15(19)12-6-10(16)7-13(17)14(12)18/h6-9,11H,3-5,18H2,1-2H3. The van der Waals surface area contributed by atoms with Crippen LogP contribution in [0.3, 0.4) is 0 Å². The summed E-state index contributed by atoms with van der Waals surface area (Å²) in [6, 6.07) is 3.52. The third kappa shape index (κ3) is 3.76. The van der Waals surface area contributed by atoms with Crippen LogP contribution in [0.1, 0.15) is 43.5 Å². The summed E-state index contributed by atoms with van der Waals surface area (Å²) in [5.41, 5.74) is 6.78. The SMILES string of the molecule is CC1CC(C)CC(OC(=O)c2cc(Br)cc(Br)c2N)C1. The number of benzene rings is 1. The minimum atomic E-state index is -0.337. The highest BCUT2D eigenvalue weighted by Gasteiger charge is 2.27. The second-order valence-electron chi connectivity index (χ2n) is 5.79. The Morgan fingerprint density at radius 3 is 2.40 bits per heavy atom. The summed E-state index contributed by atoms with van der Waals surface area (Å²) in [4.78, 5) is 12.3. The number of esters is 1. The van der Waals surface area contributed by atoms with E-state index in [9.17, 15) is 4.79 Å². The molecule has 2 unspecified atom stereocenters. The Morgan fingerprint density at radius 1 is 1.20 bits per heavy atom. The van der Waals surface area contributed by atoms with Gasteiger partial charge in [-0.05, 0) is 59.2 Å². The van der Waals surface area contributed by atoms with Gasteiger partial charge >= 0.3 is 5.97 Å². The van der Waals surface area contributed by atoms with Crippen LogP contribution in [0.4, 0.5) is 5.69 Å². The predicted octanol–water partition coefficient (Wildman–Crippen LogP) is 4.78. The van der Waals surface area contributed by atoms with E-state index in [0.29, 0.717) is 27.6 Å². The maximum absolute atomic E-state index is 12.3. The fraction of sp³-hybridized carbons (Fsp3) is 0.533. The molecule has 2 rings (SSSR count). The van der Waals surface area contributed by atoms with Crippen LogP contribution in [0, 0.1) is 11.8 Å². The molecule has 0 spiro atoms. The number of ether oxygens (including phenoxy) is 1. The fourth-order valence-corrected chi connectivity index (χ4v) is 4.16. The zero-order valence-corrected chi connectivity index (χ0v) is 14.8. The average Bonchev–Trinajstić information content (AvgIpc) is 2.32. The molecule has 0 aliphatic heterocycles. The third-order valence-corrected chi connectivity index (χ3v) is 4.84. The number of nitrogens with two attached hydrogens (primary N) is 1. The summed E-state index contributed by atoms with van der Waals surface area (Å²) in [5.74, 6) is 0.863. The molecule has 2 atom stereocenters. The van der Waals surface area contributed by atoms with E-state index in [2.05, 4.69) is 45.7 Å². The van der Waals surface area contributed by atoms with Crippen molar-refractivity contribution in [2.45, 2.75) is 39.2 Å². The first-order chi connectivity index (χ1) is 9.36. The highest BCUT2D eigenvalue weighted by Crippen LogP contribution is 2.33. The quantitative estimate of drug-likeness (QED) is 0.570. The molecule has 1 aromatic rings. The lowest BCUT2D eigenvalue weighted by Crippen LogP contribution is -2.28. The van der Waals surface area contributed by atoms with Gasteiger partial charge in [-0.3, -0.25) is 0 Å². The van der Waals surface area contributed by atoms with Crippen molar-refractivity contribution >= 4 is 43.5 Å². The van der Waals surface area contributed by atoms with Crippen LogP contribution in [0.2, 0.25) is 0 Å². The third-order valence-electron chi connectivity index (χ3n) is 3.72. The predicted molar refractivity (Wildman–Crippen MR) is 87.6 cm³/mol. The van der Waals surface area contributed by atoms with Crippen LogP contribution < -0.4 is 5.73 Å². The first-order valence-electron chi connectivity index (χ1n) is 6.82. The van der Waals surface area contributed by atoms with E-state index in [1.165, 1.54) is 6.42 Å². The molecule has 0 heterocycles. The second kappa shape index (κ2) is 6.48. The van der Waals surface area contributed by atoms with Crippen LogP contribution in [0.5, 0.6) is 0 Å². The van der Waals surface area contributed by atoms with Gasteiger partial charge in [-0.25, -0.2) is 4.79 Å². The molecule has 0 saturated heterocycles. The maximum atomic E-state index is 12.3. The van der Waals surface area contributed by atoms with E-state index in [1.54, 1.807) is 6.07 Å². The minimum Gasteiger partial charge on any atom is -0.459 e. The van der Waals surface area contributed by atoms with Crippen LogP contribution in [-0.4, -0.2) is 12.1 Å². The summed E-state index contributed by atoms with van der Waals surface area (Å²) in [7, 11) is 0. The number of rotatable bonds is 2. The van der Waals surface area contributed by atoms with E-state index in [0.717, 1.165) is 17.3 Å². The molecule has 3 nitrogen and oxygen atoms in total. The molecule has 1 aliphatic carbocycles. The van der Waals surface area contributed by atoms with Gasteiger partial charge in [0.1, 0.15) is 6.10 Å². The van der Waals surface area contributed by atoms with Gasteiger partial charge in [0.2, 0.25) is 0 Å². The van der Waals surface area contributed by atoms with Crippen LogP contribution in [0.15, 0.2) is 21.1 Å². The zero-order valence-electron chi connectivity index (χ0n) is 11.7. The van der Waals surface area contributed by atoms with E-state index >= 15 is 0 Å². The first kappa shape index (κ1) is 15.8. The van der Waals surface area contributed by atoms with Crippen LogP contribution >= 0.6 is 31.9 Å². The molecule has 1 saturated carbocycles. The van der Waals surface area contributed by atoms with Gasteiger partial charge in [-0.15, -0.1) is 0 Å². The Bertz CT molecular complexity index is 509. The Balaban J connectivity index is 2.12. The smallest absolute Gasteiger partial charge is 0.340 e. The van der Waals surface area contributed by atoms with Crippen molar-refractivity contribution in [2.75, 3.05) is 5.73 Å². The molecule has 110 valence electrons. The maximum Gasteiger partial charge on any atom is 0.340 e. The fourth-order valence-electron chi connectivity index (χ4n) is 2.94. The first-order valence-corrected chi connectivity index (χ1v) is 8.41. The van der Waals surface area contributed by atoms with Gasteiger partial charge in [0.05, 0.1) is 11.3 Å². The number of hydrogen-bond donors (Lipinski definition) is 1. The van der Waals surface area contributed by atoms with Gasteiger partial charge < -0.3 is 10.5 Å². The number of anilines is 1. The molecule has 0 amide bonds. The highest BCUT2D eigenvalue weighted by molar-refractivity contribution is 9.11. The van der Waals surface area contributed by atoms with Gasteiger partial charge in [-0.1, -0.05) is 29.8 Å². The summed E-state index contributed by atoms with van der Waals surface area (Å²) in [6.07, 6.45) is 3.08. The second-order valence-corrected chi connectivity index (χ2v) is 7.56. The molecular weight excluding hydrogens is 386 g/mol. The van der Waals surface area contributed by atoms with E-state index in [-0.39, 0.29) is 12.1 Å². The molecule has 0 aromatic heterocycles. The molecular formula is C15H19Br2NO2. The van der Waals surface area contributed by atoms with Crippen molar-refractivity contribution in [1.82, 2.24) is 0 Å². The minimum absolute atomic E-state index is 0.00147. The molecule has 1 aromatic carbocycles. The van der Waals surface area contributed by atoms with Gasteiger partial charge in [0.15, 0.2) is 0 Å². The molecule has 5 heteroatoms. The summed E-state index contributed by atoms with van der Waals surface area (Å²) in [6.45, 7) is 4.42. The van der Waals surface area contributed by atoms with Crippen molar-refractivity contribution in [3.63, 3.8) is 0 Å². The highest BCUT2D eigenvalue weighted by atomic mass is 79.9. The summed E-state index contributed by atoms with van der Waals surface area (Å²) in [5, 5.41) is 0. The van der Waals surface area contributed by atoms with Crippen molar-refractivity contribution < 1.29 is 9.53 Å². The van der Waals surface area contributed by atoms with Crippen molar-refractivity contribution in [1.29, 1.82) is 0 Å². The lowest BCUT2D eigenvalue weighted by Gasteiger charge is -2.31. The molecule has 0 radical (unpaired) electrons. The summed E-state index contributed by atoms with van der Waals surface area (Å²) < 4.78 is 7.15. The monoisotopic (exact) mass is 403 g/mol. The number of halogens is 2. The number of nitrogen functional groups attached to an aromatic ring is 1. The Hall–Kier alpha value is -0.550. The largest absolute Gasteiger partial charge is 0.459 e. The molecule has 1 aliphatic rings. The van der Waals surface area contributed by atoms with Crippen molar-refractivity contribution in [2.24, 2.45) is 11.8 Å². The van der Waals surface area contributed by atoms with Crippen molar-refractivity contribution in [3.8, 4) is 0 Å². The average molecular weight is 405 g/mol. The number of carbonyl (C=O) groups excluding carboxylic acids is 1. The lowest BCUT2D eigenvalue weighted by molar-refractivity contribution is 0.00816. The van der Waals surface area contributed by atoms with E-state index < -0.39 is 0 Å². The van der Waals surface area contributed by atoms with Gasteiger partial charge in [-0.2, -0.15) is 0 Å². The Kier molecular flexibility index (Phi) is 5.13. The van der Waals surface area contributed by atoms with Crippen LogP contribution in [0.25, 0.3) is 0 Å². The van der Waals surface area contributed by atoms with E-state index in [1.807, 2.05) is 6.07 Å². The van der Waals surface area contributed by atoms with E-state index in [4.69, 9.17) is 10.5 Å². The molecule has 1 fully saturated rings. The van der Waals surface area contributed by atoms with Crippen LogP contribution in [-0.2, 0) is 4.74 Å². The molecule has 0 bridgehead atoms. The normalized spacial score (nSPS) is 26.3. The topological polar surface area (TPSA) is 52.3 Å².